The highest BCUT2D eigenvalue weighted by atomic mass is 31.2. The van der Waals surface area contributed by atoms with E-state index in [2.05, 4.69) is 0 Å². The minimum Gasteiger partial charge on any atom is -0.481 e. The van der Waals surface area contributed by atoms with Crippen LogP contribution in [0.2, 0.25) is 0 Å². The maximum atomic E-state index is 14.4. The van der Waals surface area contributed by atoms with Gasteiger partial charge < -0.3 is 10.00 Å². The van der Waals surface area contributed by atoms with Crippen LogP contribution in [0, 0.1) is 0 Å². The lowest BCUT2D eigenvalue weighted by Crippen LogP contribution is -2.42. The summed E-state index contributed by atoms with van der Waals surface area (Å²) < 4.78 is 14.4. The maximum absolute atomic E-state index is 14.4. The average molecular weight is 487 g/mol. The van der Waals surface area contributed by atoms with E-state index in [1.165, 1.54) is 0 Å². The van der Waals surface area contributed by atoms with Gasteiger partial charge in [0.05, 0.1) is 11.8 Å². The van der Waals surface area contributed by atoms with Crippen molar-refractivity contribution in [3.63, 3.8) is 0 Å². The normalized spacial score (nSPS) is 15.7. The van der Waals surface area contributed by atoms with Crippen molar-refractivity contribution in [2.24, 2.45) is 0 Å². The molecule has 4 aromatic carbocycles. The van der Waals surface area contributed by atoms with E-state index in [-0.39, 0.29) is 12.6 Å². The van der Waals surface area contributed by atoms with Crippen LogP contribution in [0.25, 0.3) is 10.8 Å². The van der Waals surface area contributed by atoms with Crippen LogP contribution in [0.5, 0.6) is 0 Å². The third kappa shape index (κ3) is 4.96. The summed E-state index contributed by atoms with van der Waals surface area (Å²) in [5.74, 6) is -1.07. The van der Waals surface area contributed by atoms with E-state index in [1.54, 1.807) is 24.3 Å². The summed E-state index contributed by atoms with van der Waals surface area (Å²) in [4.78, 5) is 25.2. The summed E-state index contributed by atoms with van der Waals surface area (Å²) >= 11 is 0. The molecule has 3 atom stereocenters. The van der Waals surface area contributed by atoms with Crippen molar-refractivity contribution >= 4 is 24.1 Å². The maximum Gasteiger partial charge on any atom is 0.315 e. The standard InChI is InChI=1S/C30H31O4P/c1-2-3-21-30(29(31)32,27-20-12-18-24-15-10-11-19-26(24)27)28(25-16-8-5-9-17-25)35(33,34)22-23-13-6-4-7-14-23/h4-20,28H,2-3,21-22H2,1H3,(H,31,32)(H,33,34). The first-order chi connectivity index (χ1) is 16.9. The summed E-state index contributed by atoms with van der Waals surface area (Å²) in [7, 11) is -4.09. The molecule has 35 heavy (non-hydrogen) atoms. The van der Waals surface area contributed by atoms with E-state index in [0.717, 1.165) is 17.2 Å². The van der Waals surface area contributed by atoms with E-state index >= 15 is 0 Å². The lowest BCUT2D eigenvalue weighted by Gasteiger charge is -2.41. The Balaban J connectivity index is 2.04. The number of hydrogen-bond acceptors (Lipinski definition) is 2. The zero-order chi connectivity index (χ0) is 24.9. The Kier molecular flexibility index (Phi) is 7.54. The molecular weight excluding hydrogens is 455 g/mol. The quantitative estimate of drug-likeness (QED) is 0.227. The molecule has 0 saturated heterocycles. The van der Waals surface area contributed by atoms with Crippen molar-refractivity contribution < 1.29 is 19.4 Å². The lowest BCUT2D eigenvalue weighted by atomic mass is 9.70. The first kappa shape index (κ1) is 24.9. The summed E-state index contributed by atoms with van der Waals surface area (Å²) in [5, 5.41) is 12.7. The molecule has 4 nitrogen and oxygen atoms in total. The molecule has 2 N–H and O–H groups in total. The predicted molar refractivity (Wildman–Crippen MR) is 142 cm³/mol. The number of benzene rings is 4. The zero-order valence-corrected chi connectivity index (χ0v) is 20.8. The molecule has 4 rings (SSSR count). The van der Waals surface area contributed by atoms with Crippen LogP contribution >= 0.6 is 7.37 Å². The van der Waals surface area contributed by atoms with Crippen LogP contribution in [-0.4, -0.2) is 16.0 Å². The van der Waals surface area contributed by atoms with Crippen LogP contribution in [0.3, 0.4) is 0 Å². The molecule has 0 radical (unpaired) electrons. The van der Waals surface area contributed by atoms with Gasteiger partial charge in [0.1, 0.15) is 5.41 Å². The van der Waals surface area contributed by atoms with Gasteiger partial charge in [0.15, 0.2) is 0 Å². The van der Waals surface area contributed by atoms with Gasteiger partial charge in [0.2, 0.25) is 7.37 Å². The summed E-state index contributed by atoms with van der Waals surface area (Å²) in [5.41, 5.74) is -0.830. The minimum atomic E-state index is -4.09. The summed E-state index contributed by atoms with van der Waals surface area (Å²) in [6, 6.07) is 31.5. The Morgan fingerprint density at radius 2 is 1.46 bits per heavy atom. The Bertz CT molecular complexity index is 1330. The van der Waals surface area contributed by atoms with Crippen LogP contribution in [0.1, 0.15) is 48.5 Å². The molecule has 0 aromatic heterocycles. The Hall–Kier alpha value is -3.20. The number of carboxylic acids is 1. The van der Waals surface area contributed by atoms with Crippen molar-refractivity contribution in [2.75, 3.05) is 0 Å². The molecule has 0 heterocycles. The monoisotopic (exact) mass is 486 g/mol. The van der Waals surface area contributed by atoms with Crippen molar-refractivity contribution in [3.05, 3.63) is 120 Å². The van der Waals surface area contributed by atoms with Gasteiger partial charge in [0.25, 0.3) is 0 Å². The van der Waals surface area contributed by atoms with Crippen molar-refractivity contribution in [1.82, 2.24) is 0 Å². The third-order valence-corrected chi connectivity index (χ3v) is 9.18. The van der Waals surface area contributed by atoms with Crippen LogP contribution in [-0.2, 0) is 20.9 Å². The highest BCUT2D eigenvalue weighted by Crippen LogP contribution is 2.67. The molecule has 0 aliphatic carbocycles. The van der Waals surface area contributed by atoms with Gasteiger partial charge in [-0.3, -0.25) is 9.36 Å². The molecule has 180 valence electrons. The van der Waals surface area contributed by atoms with Gasteiger partial charge >= 0.3 is 5.97 Å². The van der Waals surface area contributed by atoms with Crippen molar-refractivity contribution in [2.45, 2.75) is 43.4 Å². The second kappa shape index (κ2) is 10.6. The zero-order valence-electron chi connectivity index (χ0n) is 19.9. The van der Waals surface area contributed by atoms with E-state index in [1.807, 2.05) is 85.8 Å². The first-order valence-electron chi connectivity index (χ1n) is 12.0. The van der Waals surface area contributed by atoms with Gasteiger partial charge in [-0.25, -0.2) is 0 Å². The number of hydrogen-bond donors (Lipinski definition) is 2. The summed E-state index contributed by atoms with van der Waals surface area (Å²) in [6.07, 6.45) is 1.55. The van der Waals surface area contributed by atoms with E-state index in [4.69, 9.17) is 0 Å². The molecular formula is C30H31O4P. The smallest absolute Gasteiger partial charge is 0.315 e. The highest BCUT2D eigenvalue weighted by molar-refractivity contribution is 7.57. The van der Waals surface area contributed by atoms with Gasteiger partial charge in [0, 0.05) is 0 Å². The second-order valence-electron chi connectivity index (χ2n) is 9.12. The summed E-state index contributed by atoms with van der Waals surface area (Å²) in [6.45, 7) is 2.01. The van der Waals surface area contributed by atoms with Crippen molar-refractivity contribution in [1.29, 1.82) is 0 Å². The molecule has 0 fully saturated rings. The topological polar surface area (TPSA) is 74.6 Å². The first-order valence-corrected chi connectivity index (χ1v) is 13.9. The van der Waals surface area contributed by atoms with Crippen LogP contribution in [0.15, 0.2) is 103 Å². The lowest BCUT2D eigenvalue weighted by molar-refractivity contribution is -0.144. The van der Waals surface area contributed by atoms with Gasteiger partial charge in [-0.1, -0.05) is 123 Å². The number of carboxylic acid groups (broad SMARTS) is 1. The van der Waals surface area contributed by atoms with Gasteiger partial charge in [-0.05, 0) is 33.9 Å². The number of unbranched alkanes of at least 4 members (excludes halogenated alkanes) is 1. The van der Waals surface area contributed by atoms with Gasteiger partial charge in [-0.2, -0.15) is 0 Å². The molecule has 5 heteroatoms. The number of aliphatic carboxylic acids is 1. The fourth-order valence-corrected chi connectivity index (χ4v) is 7.88. The van der Waals surface area contributed by atoms with Gasteiger partial charge in [-0.15, -0.1) is 0 Å². The largest absolute Gasteiger partial charge is 0.481 e. The minimum absolute atomic E-state index is 0.0979. The average Bonchev–Trinajstić information content (AvgIpc) is 2.87. The van der Waals surface area contributed by atoms with E-state index < -0.39 is 24.4 Å². The molecule has 0 bridgehead atoms. The van der Waals surface area contributed by atoms with E-state index in [9.17, 15) is 19.4 Å². The van der Waals surface area contributed by atoms with Crippen molar-refractivity contribution in [3.8, 4) is 0 Å². The second-order valence-corrected chi connectivity index (χ2v) is 11.5. The Morgan fingerprint density at radius 3 is 2.11 bits per heavy atom. The Labute approximate surface area is 206 Å². The fraction of sp³-hybridized carbons (Fsp3) is 0.233. The number of rotatable bonds is 10. The highest BCUT2D eigenvalue weighted by Gasteiger charge is 2.55. The molecule has 0 aliphatic heterocycles. The van der Waals surface area contributed by atoms with Crippen LogP contribution in [0.4, 0.5) is 0 Å². The molecule has 0 saturated carbocycles. The fourth-order valence-electron chi connectivity index (χ4n) is 5.26. The number of carbonyl (C=O) groups is 1. The predicted octanol–water partition coefficient (Wildman–Crippen LogP) is 7.56. The SMILES string of the molecule is CCCCC(C(=O)O)(c1cccc2ccccc12)C(c1ccccc1)P(=O)(O)Cc1ccccc1. The molecule has 4 aromatic rings. The molecule has 0 spiro atoms. The van der Waals surface area contributed by atoms with E-state index in [0.29, 0.717) is 23.1 Å². The number of fused-ring (bicyclic) bond motifs is 1. The molecule has 3 unspecified atom stereocenters. The Morgan fingerprint density at radius 1 is 0.857 bits per heavy atom. The molecule has 0 amide bonds. The third-order valence-electron chi connectivity index (χ3n) is 6.81. The van der Waals surface area contributed by atoms with Crippen LogP contribution < -0.4 is 0 Å². The molecule has 0 aliphatic rings.